The molecular formula is C25H34N4O4S. The first kappa shape index (κ1) is 24.8. The van der Waals surface area contributed by atoms with Gasteiger partial charge in [0, 0.05) is 64.5 Å². The molecule has 0 saturated carbocycles. The molecule has 2 fully saturated rings. The highest BCUT2D eigenvalue weighted by Crippen LogP contribution is 2.13. The molecule has 1 N–H and O–H groups in total. The van der Waals surface area contributed by atoms with Gasteiger partial charge in [-0.05, 0) is 28.8 Å². The van der Waals surface area contributed by atoms with Crippen molar-refractivity contribution in [3.05, 3.63) is 70.8 Å². The van der Waals surface area contributed by atoms with Crippen molar-refractivity contribution in [3.8, 4) is 0 Å². The Balaban J connectivity index is 1.24. The number of piperazine rings is 1. The highest BCUT2D eigenvalue weighted by Gasteiger charge is 2.23. The number of amides is 1. The maximum atomic E-state index is 12.6. The molecule has 9 heteroatoms. The minimum Gasteiger partial charge on any atom is -0.379 e. The Hall–Kier alpha value is -2.30. The molecule has 0 unspecified atom stereocenters. The first-order chi connectivity index (χ1) is 16.4. The smallest absolute Gasteiger partial charge is 0.251 e. The third kappa shape index (κ3) is 7.10. The predicted molar refractivity (Wildman–Crippen MR) is 132 cm³/mol. The summed E-state index contributed by atoms with van der Waals surface area (Å²) in [4.78, 5) is 17.3. The molecule has 0 spiro atoms. The van der Waals surface area contributed by atoms with Crippen molar-refractivity contribution in [1.82, 2.24) is 19.4 Å². The summed E-state index contributed by atoms with van der Waals surface area (Å²) in [5.74, 6) is -0.0908. The summed E-state index contributed by atoms with van der Waals surface area (Å²) in [5, 5.41) is 3.02. The molecule has 0 aromatic heterocycles. The number of nitrogens with one attached hydrogen (secondary N) is 1. The molecule has 2 aromatic rings. The maximum absolute atomic E-state index is 12.6. The molecule has 1 amide bonds. The van der Waals surface area contributed by atoms with Gasteiger partial charge in [-0.3, -0.25) is 14.6 Å². The normalized spacial score (nSPS) is 18.6. The van der Waals surface area contributed by atoms with Crippen molar-refractivity contribution in [2.75, 3.05) is 58.7 Å². The minimum atomic E-state index is -3.12. The Morgan fingerprint density at radius 2 is 1.47 bits per heavy atom. The zero-order valence-corrected chi connectivity index (χ0v) is 20.6. The second kappa shape index (κ2) is 11.4. The van der Waals surface area contributed by atoms with Crippen LogP contribution in [-0.4, -0.2) is 87.2 Å². The molecule has 2 aliphatic rings. The number of benzene rings is 2. The molecule has 0 bridgehead atoms. The summed E-state index contributed by atoms with van der Waals surface area (Å²) >= 11 is 0. The van der Waals surface area contributed by atoms with Crippen LogP contribution < -0.4 is 5.32 Å². The Bertz CT molecular complexity index is 1060. The minimum absolute atomic E-state index is 0.0908. The average Bonchev–Trinajstić information content (AvgIpc) is 2.84. The standard InChI is InChI=1S/C25H34N4O4S/c1-34(31,32)29-11-9-27(10-12-29)19-21-5-7-24(8-6-21)25(30)26-18-22-3-2-4-23(17-22)20-28-13-15-33-16-14-28/h2-8,17H,9-16,18-20H2,1H3,(H,26,30). The van der Waals surface area contributed by atoms with Gasteiger partial charge in [-0.25, -0.2) is 8.42 Å². The number of ether oxygens (including phenoxy) is 1. The molecule has 4 rings (SSSR count). The fraction of sp³-hybridized carbons (Fsp3) is 0.480. The molecule has 0 aliphatic carbocycles. The first-order valence-corrected chi connectivity index (χ1v) is 13.6. The zero-order chi connectivity index (χ0) is 24.0. The molecule has 0 atom stereocenters. The maximum Gasteiger partial charge on any atom is 0.251 e. The molecule has 2 heterocycles. The van der Waals surface area contributed by atoms with Gasteiger partial charge in [-0.1, -0.05) is 36.4 Å². The number of rotatable bonds is 8. The third-order valence-corrected chi connectivity index (χ3v) is 7.68. The van der Waals surface area contributed by atoms with E-state index in [1.54, 1.807) is 0 Å². The van der Waals surface area contributed by atoms with Crippen LogP contribution in [-0.2, 0) is 34.4 Å². The van der Waals surface area contributed by atoms with Gasteiger partial charge in [-0.15, -0.1) is 0 Å². The average molecular weight is 487 g/mol. The Labute approximate surface area is 202 Å². The second-order valence-corrected chi connectivity index (χ2v) is 11.0. The summed E-state index contributed by atoms with van der Waals surface area (Å²) in [5.41, 5.74) is 4.08. The molecule has 184 valence electrons. The summed E-state index contributed by atoms with van der Waals surface area (Å²) in [6.07, 6.45) is 1.26. The van der Waals surface area contributed by atoms with E-state index in [4.69, 9.17) is 4.74 Å². The quantitative estimate of drug-likeness (QED) is 0.610. The zero-order valence-electron chi connectivity index (χ0n) is 19.8. The SMILES string of the molecule is CS(=O)(=O)N1CCN(Cc2ccc(C(=O)NCc3cccc(CN4CCOCC4)c3)cc2)CC1. The lowest BCUT2D eigenvalue weighted by molar-refractivity contribution is 0.0342. The van der Waals surface area contributed by atoms with Gasteiger partial charge in [-0.2, -0.15) is 4.31 Å². The second-order valence-electron chi connectivity index (χ2n) is 9.03. The molecule has 0 radical (unpaired) electrons. The summed E-state index contributed by atoms with van der Waals surface area (Å²) in [6.45, 7) is 8.07. The van der Waals surface area contributed by atoms with Gasteiger partial charge in [0.25, 0.3) is 5.91 Å². The van der Waals surface area contributed by atoms with Crippen LogP contribution in [0.3, 0.4) is 0 Å². The van der Waals surface area contributed by atoms with Gasteiger partial charge in [0.2, 0.25) is 10.0 Å². The van der Waals surface area contributed by atoms with Crippen molar-refractivity contribution in [2.45, 2.75) is 19.6 Å². The van der Waals surface area contributed by atoms with E-state index < -0.39 is 10.0 Å². The van der Waals surface area contributed by atoms with Crippen LogP contribution in [0.15, 0.2) is 48.5 Å². The number of morpholine rings is 1. The van der Waals surface area contributed by atoms with Crippen LogP contribution in [0.25, 0.3) is 0 Å². The van der Waals surface area contributed by atoms with E-state index in [9.17, 15) is 13.2 Å². The predicted octanol–water partition coefficient (Wildman–Crippen LogP) is 1.53. The van der Waals surface area contributed by atoms with E-state index in [1.165, 1.54) is 16.1 Å². The van der Waals surface area contributed by atoms with E-state index in [0.29, 0.717) is 38.3 Å². The van der Waals surface area contributed by atoms with Crippen molar-refractivity contribution in [3.63, 3.8) is 0 Å². The summed E-state index contributed by atoms with van der Waals surface area (Å²) < 4.78 is 30.3. The lowest BCUT2D eigenvalue weighted by Crippen LogP contribution is -2.47. The summed E-state index contributed by atoms with van der Waals surface area (Å²) in [6, 6.07) is 16.0. The third-order valence-electron chi connectivity index (χ3n) is 6.38. The lowest BCUT2D eigenvalue weighted by atomic mass is 10.1. The highest BCUT2D eigenvalue weighted by atomic mass is 32.2. The van der Waals surface area contributed by atoms with Crippen LogP contribution in [0.5, 0.6) is 0 Å². The Kier molecular flexibility index (Phi) is 8.33. The molecular weight excluding hydrogens is 452 g/mol. The molecule has 2 saturated heterocycles. The van der Waals surface area contributed by atoms with E-state index in [2.05, 4.69) is 27.2 Å². The fourth-order valence-corrected chi connectivity index (χ4v) is 5.21. The van der Waals surface area contributed by atoms with Gasteiger partial charge in [0.05, 0.1) is 19.5 Å². The van der Waals surface area contributed by atoms with Crippen LogP contribution >= 0.6 is 0 Å². The van der Waals surface area contributed by atoms with Gasteiger partial charge in [0.1, 0.15) is 0 Å². The highest BCUT2D eigenvalue weighted by molar-refractivity contribution is 7.88. The number of sulfonamides is 1. The number of carbonyl (C=O) groups excluding carboxylic acids is 1. The van der Waals surface area contributed by atoms with Crippen LogP contribution in [0, 0.1) is 0 Å². The molecule has 8 nitrogen and oxygen atoms in total. The Morgan fingerprint density at radius 1 is 0.853 bits per heavy atom. The van der Waals surface area contributed by atoms with Gasteiger partial charge in [0.15, 0.2) is 0 Å². The molecule has 2 aromatic carbocycles. The monoisotopic (exact) mass is 486 g/mol. The Morgan fingerprint density at radius 3 is 2.15 bits per heavy atom. The van der Waals surface area contributed by atoms with E-state index in [-0.39, 0.29) is 5.91 Å². The van der Waals surface area contributed by atoms with E-state index in [0.717, 1.165) is 50.5 Å². The number of carbonyl (C=O) groups is 1. The van der Waals surface area contributed by atoms with Gasteiger partial charge >= 0.3 is 0 Å². The van der Waals surface area contributed by atoms with Crippen molar-refractivity contribution in [1.29, 1.82) is 0 Å². The number of hydrogen-bond donors (Lipinski definition) is 1. The van der Waals surface area contributed by atoms with E-state index in [1.807, 2.05) is 36.4 Å². The first-order valence-electron chi connectivity index (χ1n) is 11.8. The molecule has 2 aliphatic heterocycles. The van der Waals surface area contributed by atoms with Crippen LogP contribution in [0.1, 0.15) is 27.0 Å². The number of hydrogen-bond acceptors (Lipinski definition) is 6. The fourth-order valence-electron chi connectivity index (χ4n) is 4.38. The molecule has 34 heavy (non-hydrogen) atoms. The van der Waals surface area contributed by atoms with Crippen molar-refractivity contribution >= 4 is 15.9 Å². The van der Waals surface area contributed by atoms with Crippen molar-refractivity contribution in [2.24, 2.45) is 0 Å². The van der Waals surface area contributed by atoms with Crippen molar-refractivity contribution < 1.29 is 17.9 Å². The largest absolute Gasteiger partial charge is 0.379 e. The van der Waals surface area contributed by atoms with Crippen LogP contribution in [0.4, 0.5) is 0 Å². The summed E-state index contributed by atoms with van der Waals surface area (Å²) in [7, 11) is -3.12. The number of nitrogens with zero attached hydrogens (tertiary/aromatic N) is 3. The lowest BCUT2D eigenvalue weighted by Gasteiger charge is -2.33. The van der Waals surface area contributed by atoms with Crippen LogP contribution in [0.2, 0.25) is 0 Å². The van der Waals surface area contributed by atoms with E-state index >= 15 is 0 Å². The topological polar surface area (TPSA) is 82.2 Å². The van der Waals surface area contributed by atoms with Gasteiger partial charge < -0.3 is 10.1 Å².